The van der Waals surface area contributed by atoms with E-state index in [1.54, 1.807) is 6.07 Å². The molecule has 0 bridgehead atoms. The van der Waals surface area contributed by atoms with Crippen LogP contribution in [0.1, 0.15) is 5.56 Å². The standard InChI is InChI=1S/C20H18F2N2O5S/c1-27-17-10-16(22)19(11-18(17)28-2)30(25,26)24-12-13-7-8-23-20(9-13)29-15-5-3-14(21)4-6-15/h3-11,24H,12H2,1-2H3. The van der Waals surface area contributed by atoms with Gasteiger partial charge in [-0.1, -0.05) is 0 Å². The summed E-state index contributed by atoms with van der Waals surface area (Å²) in [6.07, 6.45) is 1.43. The van der Waals surface area contributed by atoms with Crippen molar-refractivity contribution in [2.45, 2.75) is 11.4 Å². The Morgan fingerprint density at radius 2 is 1.63 bits per heavy atom. The Morgan fingerprint density at radius 1 is 0.967 bits per heavy atom. The Morgan fingerprint density at radius 3 is 2.30 bits per heavy atom. The zero-order valence-corrected chi connectivity index (χ0v) is 16.9. The van der Waals surface area contributed by atoms with E-state index in [1.165, 1.54) is 50.7 Å². The fourth-order valence-corrected chi connectivity index (χ4v) is 3.63. The SMILES string of the molecule is COc1cc(F)c(S(=O)(=O)NCc2ccnc(Oc3ccc(F)cc3)c2)cc1OC. The van der Waals surface area contributed by atoms with Crippen molar-refractivity contribution in [2.24, 2.45) is 0 Å². The highest BCUT2D eigenvalue weighted by atomic mass is 32.2. The molecule has 0 fully saturated rings. The fourth-order valence-electron chi connectivity index (χ4n) is 2.54. The molecule has 1 aromatic heterocycles. The number of nitrogens with one attached hydrogen (secondary N) is 1. The summed E-state index contributed by atoms with van der Waals surface area (Å²) >= 11 is 0. The van der Waals surface area contributed by atoms with Crippen LogP contribution in [0.4, 0.5) is 8.78 Å². The highest BCUT2D eigenvalue weighted by Gasteiger charge is 2.22. The third-order valence-electron chi connectivity index (χ3n) is 4.03. The maximum absolute atomic E-state index is 14.3. The lowest BCUT2D eigenvalue weighted by Gasteiger charge is -2.12. The third kappa shape index (κ3) is 5.02. The molecule has 1 heterocycles. The van der Waals surface area contributed by atoms with Crippen LogP contribution >= 0.6 is 0 Å². The fraction of sp³-hybridized carbons (Fsp3) is 0.150. The number of hydrogen-bond acceptors (Lipinski definition) is 6. The van der Waals surface area contributed by atoms with Gasteiger partial charge in [0.25, 0.3) is 0 Å². The van der Waals surface area contributed by atoms with Crippen molar-refractivity contribution in [3.63, 3.8) is 0 Å². The van der Waals surface area contributed by atoms with Crippen molar-refractivity contribution < 1.29 is 31.4 Å². The van der Waals surface area contributed by atoms with Crippen molar-refractivity contribution in [1.29, 1.82) is 0 Å². The van der Waals surface area contributed by atoms with Crippen LogP contribution in [0.25, 0.3) is 0 Å². The highest BCUT2D eigenvalue weighted by molar-refractivity contribution is 7.89. The molecule has 3 aromatic rings. The zero-order chi connectivity index (χ0) is 21.7. The summed E-state index contributed by atoms with van der Waals surface area (Å²) in [7, 11) is -1.55. The predicted molar refractivity (Wildman–Crippen MR) is 104 cm³/mol. The highest BCUT2D eigenvalue weighted by Crippen LogP contribution is 2.32. The maximum Gasteiger partial charge on any atom is 0.243 e. The number of nitrogens with zero attached hydrogens (tertiary/aromatic N) is 1. The Hall–Kier alpha value is -3.24. The molecule has 3 rings (SSSR count). The summed E-state index contributed by atoms with van der Waals surface area (Å²) in [5, 5.41) is 0. The lowest BCUT2D eigenvalue weighted by atomic mass is 10.3. The number of sulfonamides is 1. The first-order valence-corrected chi connectivity index (χ1v) is 10.1. The molecule has 0 aliphatic carbocycles. The van der Waals surface area contributed by atoms with E-state index >= 15 is 0 Å². The second kappa shape index (κ2) is 9.06. The largest absolute Gasteiger partial charge is 0.493 e. The van der Waals surface area contributed by atoms with Crippen LogP contribution in [0.5, 0.6) is 23.1 Å². The normalized spacial score (nSPS) is 11.2. The molecule has 0 saturated heterocycles. The summed E-state index contributed by atoms with van der Waals surface area (Å²) in [6.45, 7) is -0.140. The van der Waals surface area contributed by atoms with E-state index in [4.69, 9.17) is 14.2 Å². The number of ether oxygens (including phenoxy) is 3. The van der Waals surface area contributed by atoms with Crippen LogP contribution in [0.3, 0.4) is 0 Å². The molecule has 30 heavy (non-hydrogen) atoms. The molecule has 0 radical (unpaired) electrons. The summed E-state index contributed by atoms with van der Waals surface area (Å²) in [5.74, 6) is -0.662. The molecule has 158 valence electrons. The number of rotatable bonds is 8. The lowest BCUT2D eigenvalue weighted by Crippen LogP contribution is -2.24. The molecule has 2 aromatic carbocycles. The molecule has 10 heteroatoms. The van der Waals surface area contributed by atoms with Crippen molar-refractivity contribution in [2.75, 3.05) is 14.2 Å². The molecule has 0 atom stereocenters. The van der Waals surface area contributed by atoms with Crippen molar-refractivity contribution in [1.82, 2.24) is 9.71 Å². The van der Waals surface area contributed by atoms with Crippen molar-refractivity contribution in [3.8, 4) is 23.1 Å². The molecule has 0 aliphatic heterocycles. The molecular formula is C20H18F2N2O5S. The van der Waals surface area contributed by atoms with Crippen molar-refractivity contribution in [3.05, 3.63) is 71.9 Å². The average Bonchev–Trinajstić information content (AvgIpc) is 2.74. The predicted octanol–water partition coefficient (Wildman–Crippen LogP) is 3.65. The van der Waals surface area contributed by atoms with E-state index in [-0.39, 0.29) is 23.9 Å². The molecule has 0 amide bonds. The van der Waals surface area contributed by atoms with E-state index in [2.05, 4.69) is 9.71 Å². The van der Waals surface area contributed by atoms with Gasteiger partial charge in [0.05, 0.1) is 14.2 Å². The van der Waals surface area contributed by atoms with Gasteiger partial charge in [-0.2, -0.15) is 0 Å². The van der Waals surface area contributed by atoms with Gasteiger partial charge in [0.1, 0.15) is 22.3 Å². The smallest absolute Gasteiger partial charge is 0.243 e. The van der Waals surface area contributed by atoms with Gasteiger partial charge in [-0.15, -0.1) is 0 Å². The van der Waals surface area contributed by atoms with E-state index < -0.39 is 26.6 Å². The zero-order valence-electron chi connectivity index (χ0n) is 16.1. The minimum atomic E-state index is -4.19. The first kappa shape index (κ1) is 21.5. The number of hydrogen-bond donors (Lipinski definition) is 1. The molecule has 1 N–H and O–H groups in total. The minimum Gasteiger partial charge on any atom is -0.493 e. The topological polar surface area (TPSA) is 86.8 Å². The monoisotopic (exact) mass is 436 g/mol. The van der Waals surface area contributed by atoms with E-state index in [1.807, 2.05) is 0 Å². The van der Waals surface area contributed by atoms with Gasteiger partial charge in [-0.25, -0.2) is 26.9 Å². The summed E-state index contributed by atoms with van der Waals surface area (Å²) in [4.78, 5) is 3.46. The summed E-state index contributed by atoms with van der Waals surface area (Å²) in [6, 6.07) is 10.4. The number of methoxy groups -OCH3 is 2. The van der Waals surface area contributed by atoms with Crippen LogP contribution in [-0.4, -0.2) is 27.6 Å². The Kier molecular flexibility index (Phi) is 6.48. The van der Waals surface area contributed by atoms with E-state index in [0.29, 0.717) is 11.3 Å². The molecular weight excluding hydrogens is 418 g/mol. The lowest BCUT2D eigenvalue weighted by molar-refractivity contribution is 0.350. The number of aromatic nitrogens is 1. The van der Waals surface area contributed by atoms with Gasteiger partial charge < -0.3 is 14.2 Å². The van der Waals surface area contributed by atoms with Gasteiger partial charge in [-0.3, -0.25) is 0 Å². The average molecular weight is 436 g/mol. The Labute approximate surface area is 172 Å². The van der Waals surface area contributed by atoms with Crippen LogP contribution in [0, 0.1) is 11.6 Å². The van der Waals surface area contributed by atoms with Crippen LogP contribution in [-0.2, 0) is 16.6 Å². The first-order chi connectivity index (χ1) is 14.3. The van der Waals surface area contributed by atoms with Gasteiger partial charge in [0.2, 0.25) is 15.9 Å². The summed E-state index contributed by atoms with van der Waals surface area (Å²) < 4.78 is 70.3. The minimum absolute atomic E-state index is 0.0747. The molecule has 7 nitrogen and oxygen atoms in total. The van der Waals surface area contributed by atoms with Crippen molar-refractivity contribution >= 4 is 10.0 Å². The number of halogens is 2. The maximum atomic E-state index is 14.3. The first-order valence-electron chi connectivity index (χ1n) is 8.62. The Bertz CT molecular complexity index is 1140. The summed E-state index contributed by atoms with van der Waals surface area (Å²) in [5.41, 5.74) is 0.520. The number of benzene rings is 2. The van der Waals surface area contributed by atoms with Crippen LogP contribution in [0.2, 0.25) is 0 Å². The molecule has 0 spiro atoms. The van der Waals surface area contributed by atoms with E-state index in [0.717, 1.165) is 12.1 Å². The van der Waals surface area contributed by atoms with Gasteiger partial charge in [0, 0.05) is 30.9 Å². The molecule has 0 aliphatic rings. The second-order valence-corrected chi connectivity index (χ2v) is 7.76. The van der Waals surface area contributed by atoms with Gasteiger partial charge >= 0.3 is 0 Å². The van der Waals surface area contributed by atoms with Gasteiger partial charge in [0.15, 0.2) is 11.5 Å². The number of pyridine rings is 1. The van der Waals surface area contributed by atoms with Crippen LogP contribution in [0.15, 0.2) is 59.6 Å². The molecule has 0 unspecified atom stereocenters. The molecule has 0 saturated carbocycles. The Balaban J connectivity index is 1.75. The third-order valence-corrected chi connectivity index (χ3v) is 5.45. The van der Waals surface area contributed by atoms with Gasteiger partial charge in [-0.05, 0) is 35.9 Å². The second-order valence-electron chi connectivity index (χ2n) is 6.02. The van der Waals surface area contributed by atoms with E-state index in [9.17, 15) is 17.2 Å². The van der Waals surface area contributed by atoms with Crippen LogP contribution < -0.4 is 18.9 Å². The quantitative estimate of drug-likeness (QED) is 0.580.